The first-order valence-electron chi connectivity index (χ1n) is 13.1. The Balaban J connectivity index is 1.31. The van der Waals surface area contributed by atoms with Gasteiger partial charge in [0, 0.05) is 36.9 Å². The van der Waals surface area contributed by atoms with Crippen LogP contribution in [0.15, 0.2) is 48.5 Å². The van der Waals surface area contributed by atoms with Gasteiger partial charge in [0.05, 0.1) is 26.4 Å². The number of anilines is 4. The molecule has 0 atom stereocenters. The van der Waals surface area contributed by atoms with Crippen LogP contribution in [0.25, 0.3) is 0 Å². The summed E-state index contributed by atoms with van der Waals surface area (Å²) < 4.78 is 23.9. The molecule has 6 N–H and O–H groups in total. The Morgan fingerprint density at radius 2 is 1.59 bits per heavy atom. The van der Waals surface area contributed by atoms with Crippen LogP contribution >= 0.6 is 0 Å². The van der Waals surface area contributed by atoms with Crippen LogP contribution in [0.4, 0.5) is 27.9 Å². The van der Waals surface area contributed by atoms with E-state index in [4.69, 9.17) is 15.2 Å². The zero-order valence-electron chi connectivity index (χ0n) is 21.8. The average molecular weight is 539 g/mol. The standard InChI is InChI=1S/C27H35FN8O3/c28-21-8-4-19(5-9-21)18-31-25-34-26(32-22-2-1-3-22)36-27(35-25)33-23-10-6-20(7-11-23)24(37)30-13-15-39-17-16-38-14-12-29/h4-11,22H,1-3,12-18,29H2,(H,30,37)(H3,31,32,33,34,35,36). The van der Waals surface area contributed by atoms with Gasteiger partial charge in [-0.15, -0.1) is 0 Å². The smallest absolute Gasteiger partial charge is 0.251 e. The number of hydrogen-bond donors (Lipinski definition) is 5. The highest BCUT2D eigenvalue weighted by Gasteiger charge is 2.19. The fraction of sp³-hybridized carbons (Fsp3) is 0.407. The van der Waals surface area contributed by atoms with E-state index in [2.05, 4.69) is 36.2 Å². The minimum atomic E-state index is -0.282. The molecular formula is C27H35FN8O3. The lowest BCUT2D eigenvalue weighted by Crippen LogP contribution is -2.28. The van der Waals surface area contributed by atoms with Crippen LogP contribution < -0.4 is 27.0 Å². The van der Waals surface area contributed by atoms with Gasteiger partial charge in [0.1, 0.15) is 5.82 Å². The summed E-state index contributed by atoms with van der Waals surface area (Å²) >= 11 is 0. The third-order valence-electron chi connectivity index (χ3n) is 6.01. The van der Waals surface area contributed by atoms with Crippen LogP contribution in [-0.4, -0.2) is 66.4 Å². The van der Waals surface area contributed by atoms with Gasteiger partial charge in [-0.05, 0) is 61.2 Å². The summed E-state index contributed by atoms with van der Waals surface area (Å²) in [5.74, 6) is 0.753. The molecule has 1 heterocycles. The zero-order valence-corrected chi connectivity index (χ0v) is 21.8. The quantitative estimate of drug-likeness (QED) is 0.172. The number of halogens is 1. The second kappa shape index (κ2) is 14.9. The third-order valence-corrected chi connectivity index (χ3v) is 6.01. The van der Waals surface area contributed by atoms with Crippen LogP contribution in [0.1, 0.15) is 35.2 Å². The Morgan fingerprint density at radius 1 is 0.897 bits per heavy atom. The minimum Gasteiger partial charge on any atom is -0.378 e. The number of benzene rings is 2. The molecule has 1 aliphatic carbocycles. The molecule has 0 aliphatic heterocycles. The molecule has 2 aromatic carbocycles. The molecule has 0 bridgehead atoms. The lowest BCUT2D eigenvalue weighted by Gasteiger charge is -2.26. The first kappa shape index (κ1) is 28.1. The zero-order chi connectivity index (χ0) is 27.3. The predicted octanol–water partition coefficient (Wildman–Crippen LogP) is 3.05. The first-order valence-corrected chi connectivity index (χ1v) is 13.1. The number of carbonyl (C=O) groups is 1. The SMILES string of the molecule is NCCOCCOCCNC(=O)c1ccc(Nc2nc(NCc3ccc(F)cc3)nc(NC3CCC3)n2)cc1. The molecule has 1 saturated carbocycles. The molecule has 0 unspecified atom stereocenters. The third kappa shape index (κ3) is 9.43. The van der Waals surface area contributed by atoms with E-state index in [1.54, 1.807) is 36.4 Å². The number of rotatable bonds is 16. The van der Waals surface area contributed by atoms with Crippen LogP contribution in [0.5, 0.6) is 0 Å². The molecule has 1 aromatic heterocycles. The van der Waals surface area contributed by atoms with Crippen molar-refractivity contribution in [2.24, 2.45) is 5.73 Å². The Bertz CT molecular complexity index is 1180. The predicted molar refractivity (Wildman–Crippen MR) is 148 cm³/mol. The lowest BCUT2D eigenvalue weighted by molar-refractivity contribution is 0.0511. The van der Waals surface area contributed by atoms with Gasteiger partial charge in [-0.3, -0.25) is 4.79 Å². The molecule has 11 nitrogen and oxygen atoms in total. The van der Waals surface area contributed by atoms with E-state index >= 15 is 0 Å². The number of aromatic nitrogens is 3. The van der Waals surface area contributed by atoms with Gasteiger partial charge in [0.25, 0.3) is 5.91 Å². The summed E-state index contributed by atoms with van der Waals surface area (Å²) in [6, 6.07) is 13.6. The highest BCUT2D eigenvalue weighted by molar-refractivity contribution is 5.94. The fourth-order valence-corrected chi connectivity index (χ4v) is 3.67. The molecule has 0 spiro atoms. The van der Waals surface area contributed by atoms with Crippen molar-refractivity contribution in [1.82, 2.24) is 20.3 Å². The molecule has 1 aliphatic rings. The number of ether oxygens (including phenoxy) is 2. The van der Waals surface area contributed by atoms with Crippen molar-refractivity contribution >= 4 is 29.4 Å². The van der Waals surface area contributed by atoms with E-state index in [0.29, 0.717) is 75.5 Å². The number of nitrogens with two attached hydrogens (primary N) is 1. The van der Waals surface area contributed by atoms with Crippen LogP contribution in [0.3, 0.4) is 0 Å². The van der Waals surface area contributed by atoms with E-state index in [1.807, 2.05) is 0 Å². The maximum atomic E-state index is 13.2. The van der Waals surface area contributed by atoms with E-state index < -0.39 is 0 Å². The number of hydrogen-bond acceptors (Lipinski definition) is 10. The summed E-state index contributed by atoms with van der Waals surface area (Å²) in [5, 5.41) is 12.5. The molecule has 3 aromatic rings. The number of nitrogens with zero attached hydrogens (tertiary/aromatic N) is 3. The van der Waals surface area contributed by atoms with Gasteiger partial charge >= 0.3 is 0 Å². The molecule has 39 heavy (non-hydrogen) atoms. The molecule has 1 fully saturated rings. The normalized spacial score (nSPS) is 13.0. The second-order valence-electron chi connectivity index (χ2n) is 9.03. The van der Waals surface area contributed by atoms with Gasteiger partial charge in [-0.1, -0.05) is 12.1 Å². The summed E-state index contributed by atoms with van der Waals surface area (Å²) in [7, 11) is 0. The van der Waals surface area contributed by atoms with Gasteiger partial charge in [-0.25, -0.2) is 4.39 Å². The monoisotopic (exact) mass is 538 g/mol. The summed E-state index contributed by atoms with van der Waals surface area (Å²) in [6.07, 6.45) is 3.33. The number of amides is 1. The van der Waals surface area contributed by atoms with E-state index in [0.717, 1.165) is 24.1 Å². The van der Waals surface area contributed by atoms with Crippen molar-refractivity contribution in [1.29, 1.82) is 0 Å². The Morgan fingerprint density at radius 3 is 2.28 bits per heavy atom. The fourth-order valence-electron chi connectivity index (χ4n) is 3.67. The van der Waals surface area contributed by atoms with Crippen molar-refractivity contribution in [3.63, 3.8) is 0 Å². The lowest BCUT2D eigenvalue weighted by atomic mass is 9.93. The van der Waals surface area contributed by atoms with Crippen LogP contribution in [0, 0.1) is 5.82 Å². The maximum Gasteiger partial charge on any atom is 0.251 e. The van der Waals surface area contributed by atoms with Crippen LogP contribution in [0.2, 0.25) is 0 Å². The van der Waals surface area contributed by atoms with Crippen molar-refractivity contribution in [2.75, 3.05) is 55.5 Å². The Labute approximate surface area is 227 Å². The van der Waals surface area contributed by atoms with Crippen molar-refractivity contribution in [3.8, 4) is 0 Å². The van der Waals surface area contributed by atoms with E-state index in [1.165, 1.54) is 18.6 Å². The first-order chi connectivity index (χ1) is 19.1. The second-order valence-corrected chi connectivity index (χ2v) is 9.03. The minimum absolute atomic E-state index is 0.191. The Kier molecular flexibility index (Phi) is 10.8. The van der Waals surface area contributed by atoms with Gasteiger partial charge in [0.15, 0.2) is 0 Å². The summed E-state index contributed by atoms with van der Waals surface area (Å²) in [6.45, 7) is 3.14. The average Bonchev–Trinajstić information content (AvgIpc) is 2.92. The molecule has 0 saturated heterocycles. The Hall–Kier alpha value is -3.87. The highest BCUT2D eigenvalue weighted by Crippen LogP contribution is 2.23. The largest absolute Gasteiger partial charge is 0.378 e. The molecule has 1 amide bonds. The summed E-state index contributed by atoms with van der Waals surface area (Å²) in [5.41, 5.74) is 7.50. The molecule has 208 valence electrons. The van der Waals surface area contributed by atoms with Gasteiger partial charge in [0.2, 0.25) is 17.8 Å². The maximum absolute atomic E-state index is 13.2. The molecule has 12 heteroatoms. The molecular weight excluding hydrogens is 503 g/mol. The number of nitrogens with one attached hydrogen (secondary N) is 4. The van der Waals surface area contributed by atoms with Crippen molar-refractivity contribution < 1.29 is 18.7 Å². The van der Waals surface area contributed by atoms with E-state index in [9.17, 15) is 9.18 Å². The van der Waals surface area contributed by atoms with Gasteiger partial charge in [-0.2, -0.15) is 15.0 Å². The summed E-state index contributed by atoms with van der Waals surface area (Å²) in [4.78, 5) is 25.9. The van der Waals surface area contributed by atoms with E-state index in [-0.39, 0.29) is 11.7 Å². The van der Waals surface area contributed by atoms with Crippen molar-refractivity contribution in [2.45, 2.75) is 31.8 Å². The topological polar surface area (TPSA) is 148 Å². The highest BCUT2D eigenvalue weighted by atomic mass is 19.1. The van der Waals surface area contributed by atoms with Crippen LogP contribution in [-0.2, 0) is 16.0 Å². The molecule has 0 radical (unpaired) electrons. The number of carbonyl (C=O) groups excluding carboxylic acids is 1. The van der Waals surface area contributed by atoms with Gasteiger partial charge < -0.3 is 36.5 Å². The van der Waals surface area contributed by atoms with Crippen molar-refractivity contribution in [3.05, 3.63) is 65.5 Å². The molecule has 4 rings (SSSR count).